The van der Waals surface area contributed by atoms with Crippen LogP contribution >= 0.6 is 0 Å². The number of methoxy groups -OCH3 is 3. The zero-order chi connectivity index (χ0) is 23.2. The molecule has 2 aromatic carbocycles. The fourth-order valence-corrected chi connectivity index (χ4v) is 4.10. The second-order valence-corrected chi connectivity index (χ2v) is 7.69. The number of nitrogens with one attached hydrogen (secondary N) is 1. The first-order chi connectivity index (χ1) is 16.1. The van der Waals surface area contributed by atoms with Crippen LogP contribution in [-0.4, -0.2) is 78.2 Å². The Hall–Kier alpha value is -3.17. The van der Waals surface area contributed by atoms with Crippen molar-refractivity contribution in [2.75, 3.05) is 67.4 Å². The molecular formula is C24H30N2O7. The molecule has 1 N–H and O–H groups in total. The van der Waals surface area contributed by atoms with Gasteiger partial charge in [-0.3, -0.25) is 9.69 Å². The minimum atomic E-state index is -0.219. The van der Waals surface area contributed by atoms with E-state index in [1.807, 2.05) is 18.2 Å². The molecule has 2 aliphatic heterocycles. The number of nitrogens with zero attached hydrogens (tertiary/aromatic N) is 1. The summed E-state index contributed by atoms with van der Waals surface area (Å²) in [4.78, 5) is 15.4. The Kier molecular flexibility index (Phi) is 7.41. The third-order valence-electron chi connectivity index (χ3n) is 5.82. The van der Waals surface area contributed by atoms with Crippen molar-refractivity contribution in [1.29, 1.82) is 0 Å². The molecule has 4 rings (SSSR count). The van der Waals surface area contributed by atoms with Gasteiger partial charge in [0.25, 0.3) is 5.91 Å². The second-order valence-electron chi connectivity index (χ2n) is 7.69. The van der Waals surface area contributed by atoms with Crippen LogP contribution in [0.2, 0.25) is 0 Å². The Bertz CT molecular complexity index is 958. The molecule has 2 heterocycles. The maximum absolute atomic E-state index is 13.1. The van der Waals surface area contributed by atoms with Crippen molar-refractivity contribution in [3.63, 3.8) is 0 Å². The van der Waals surface area contributed by atoms with E-state index >= 15 is 0 Å². The maximum Gasteiger partial charge on any atom is 0.251 e. The summed E-state index contributed by atoms with van der Waals surface area (Å²) >= 11 is 0. The summed E-state index contributed by atoms with van der Waals surface area (Å²) in [5.74, 6) is 2.60. The van der Waals surface area contributed by atoms with Crippen molar-refractivity contribution in [3.8, 4) is 28.7 Å². The van der Waals surface area contributed by atoms with E-state index in [2.05, 4.69) is 10.2 Å². The first-order valence-corrected chi connectivity index (χ1v) is 10.9. The number of morpholine rings is 1. The quantitative estimate of drug-likeness (QED) is 0.645. The Morgan fingerprint density at radius 2 is 1.67 bits per heavy atom. The minimum Gasteiger partial charge on any atom is -0.493 e. The first-order valence-electron chi connectivity index (χ1n) is 10.9. The third-order valence-corrected chi connectivity index (χ3v) is 5.82. The molecule has 2 aliphatic rings. The van der Waals surface area contributed by atoms with E-state index in [9.17, 15) is 4.79 Å². The van der Waals surface area contributed by atoms with Gasteiger partial charge in [0.2, 0.25) is 5.75 Å². The summed E-state index contributed by atoms with van der Waals surface area (Å²) in [5, 5.41) is 3.07. The van der Waals surface area contributed by atoms with Crippen LogP contribution in [0.25, 0.3) is 0 Å². The van der Waals surface area contributed by atoms with Crippen LogP contribution in [-0.2, 0) is 4.74 Å². The fourth-order valence-electron chi connectivity index (χ4n) is 4.10. The average molecular weight is 459 g/mol. The lowest BCUT2D eigenvalue weighted by Gasteiger charge is -2.35. The number of hydrogen-bond acceptors (Lipinski definition) is 8. The summed E-state index contributed by atoms with van der Waals surface area (Å²) in [6.07, 6.45) is 0. The Morgan fingerprint density at radius 1 is 0.939 bits per heavy atom. The molecule has 0 spiro atoms. The summed E-state index contributed by atoms with van der Waals surface area (Å²) in [6, 6.07) is 9.14. The van der Waals surface area contributed by atoms with Crippen LogP contribution in [0.15, 0.2) is 30.3 Å². The van der Waals surface area contributed by atoms with Gasteiger partial charge in [-0.15, -0.1) is 0 Å². The zero-order valence-electron chi connectivity index (χ0n) is 19.2. The number of hydrogen-bond donors (Lipinski definition) is 1. The summed E-state index contributed by atoms with van der Waals surface area (Å²) in [6.45, 7) is 4.12. The van der Waals surface area contributed by atoms with E-state index in [1.54, 1.807) is 33.5 Å². The smallest absolute Gasteiger partial charge is 0.251 e. The number of amides is 1. The molecule has 2 aromatic rings. The molecule has 1 saturated heterocycles. The molecule has 0 aliphatic carbocycles. The molecule has 1 fully saturated rings. The number of carbonyl (C=O) groups excluding carboxylic acids is 1. The molecule has 1 atom stereocenters. The lowest BCUT2D eigenvalue weighted by molar-refractivity contribution is 0.0162. The molecule has 0 saturated carbocycles. The molecule has 0 aromatic heterocycles. The number of fused-ring (bicyclic) bond motifs is 1. The van der Waals surface area contributed by atoms with Gasteiger partial charge >= 0.3 is 0 Å². The third kappa shape index (κ3) is 5.09. The van der Waals surface area contributed by atoms with Crippen molar-refractivity contribution in [2.24, 2.45) is 0 Å². The summed E-state index contributed by atoms with van der Waals surface area (Å²) in [5.41, 5.74) is 1.47. The van der Waals surface area contributed by atoms with Crippen LogP contribution in [0.5, 0.6) is 28.7 Å². The number of rotatable bonds is 8. The minimum absolute atomic E-state index is 0.0586. The maximum atomic E-state index is 13.1. The molecular weight excluding hydrogens is 428 g/mol. The Labute approximate surface area is 193 Å². The summed E-state index contributed by atoms with van der Waals surface area (Å²) < 4.78 is 33.1. The van der Waals surface area contributed by atoms with Gasteiger partial charge in [0.1, 0.15) is 13.2 Å². The molecule has 1 amide bonds. The van der Waals surface area contributed by atoms with Gasteiger partial charge in [-0.05, 0) is 29.8 Å². The van der Waals surface area contributed by atoms with Crippen LogP contribution in [0.4, 0.5) is 0 Å². The highest BCUT2D eigenvalue weighted by Crippen LogP contribution is 2.40. The predicted molar refractivity (Wildman–Crippen MR) is 121 cm³/mol. The number of benzene rings is 2. The highest BCUT2D eigenvalue weighted by atomic mass is 16.6. The zero-order valence-corrected chi connectivity index (χ0v) is 19.2. The highest BCUT2D eigenvalue weighted by Gasteiger charge is 2.26. The van der Waals surface area contributed by atoms with Crippen LogP contribution in [0, 0.1) is 0 Å². The van der Waals surface area contributed by atoms with E-state index in [-0.39, 0.29) is 11.9 Å². The van der Waals surface area contributed by atoms with Crippen molar-refractivity contribution in [1.82, 2.24) is 10.2 Å². The fraction of sp³-hybridized carbons (Fsp3) is 0.458. The van der Waals surface area contributed by atoms with Gasteiger partial charge in [0, 0.05) is 25.2 Å². The van der Waals surface area contributed by atoms with Gasteiger partial charge in [-0.2, -0.15) is 0 Å². The highest BCUT2D eigenvalue weighted by molar-refractivity contribution is 5.95. The number of carbonyl (C=O) groups is 1. The average Bonchev–Trinajstić information content (AvgIpc) is 2.88. The lowest BCUT2D eigenvalue weighted by atomic mass is 10.0. The molecule has 178 valence electrons. The van der Waals surface area contributed by atoms with Crippen molar-refractivity contribution in [2.45, 2.75) is 6.04 Å². The monoisotopic (exact) mass is 458 g/mol. The van der Waals surface area contributed by atoms with Gasteiger partial charge < -0.3 is 33.7 Å². The second kappa shape index (κ2) is 10.6. The predicted octanol–water partition coefficient (Wildman–Crippen LogP) is 2.29. The largest absolute Gasteiger partial charge is 0.493 e. The first kappa shape index (κ1) is 23.0. The Balaban J connectivity index is 1.55. The normalized spacial score (nSPS) is 16.6. The molecule has 0 bridgehead atoms. The van der Waals surface area contributed by atoms with Crippen LogP contribution in [0.1, 0.15) is 22.0 Å². The van der Waals surface area contributed by atoms with Crippen molar-refractivity contribution >= 4 is 5.91 Å². The molecule has 9 heteroatoms. The van der Waals surface area contributed by atoms with Gasteiger partial charge in [0.05, 0.1) is 40.6 Å². The van der Waals surface area contributed by atoms with Crippen molar-refractivity contribution < 1.29 is 33.2 Å². The van der Waals surface area contributed by atoms with E-state index in [0.29, 0.717) is 67.3 Å². The molecule has 0 radical (unpaired) electrons. The van der Waals surface area contributed by atoms with E-state index in [1.165, 1.54) is 0 Å². The standard InChI is InChI=1S/C24H30N2O7/c1-28-19-5-4-16(12-20(19)29-2)18(26-6-8-31-9-7-26)15-25-24(27)17-13-21(30-3)23-22(14-17)32-10-11-33-23/h4-5,12-14,18H,6-11,15H2,1-3H3,(H,25,27). The van der Waals surface area contributed by atoms with Crippen LogP contribution in [0.3, 0.4) is 0 Å². The van der Waals surface area contributed by atoms with E-state index < -0.39 is 0 Å². The van der Waals surface area contributed by atoms with Crippen LogP contribution < -0.4 is 29.0 Å². The Morgan fingerprint density at radius 3 is 2.39 bits per heavy atom. The van der Waals surface area contributed by atoms with Gasteiger partial charge in [-0.1, -0.05) is 6.07 Å². The van der Waals surface area contributed by atoms with E-state index in [0.717, 1.165) is 18.7 Å². The topological polar surface area (TPSA) is 87.7 Å². The summed E-state index contributed by atoms with van der Waals surface area (Å²) in [7, 11) is 4.77. The molecule has 33 heavy (non-hydrogen) atoms. The SMILES string of the molecule is COc1ccc(C(CNC(=O)c2cc(OC)c3c(c2)OCCO3)N2CCOCC2)cc1OC. The number of ether oxygens (including phenoxy) is 6. The molecule has 1 unspecified atom stereocenters. The molecule has 9 nitrogen and oxygen atoms in total. The lowest BCUT2D eigenvalue weighted by Crippen LogP contribution is -2.43. The van der Waals surface area contributed by atoms with Gasteiger partial charge in [-0.25, -0.2) is 0 Å². The van der Waals surface area contributed by atoms with E-state index in [4.69, 9.17) is 28.4 Å². The van der Waals surface area contributed by atoms with Crippen molar-refractivity contribution in [3.05, 3.63) is 41.5 Å². The van der Waals surface area contributed by atoms with Gasteiger partial charge in [0.15, 0.2) is 23.0 Å².